The quantitative estimate of drug-likeness (QED) is 0.300. The molecule has 0 heterocycles. The van der Waals surface area contributed by atoms with Gasteiger partial charge in [0.15, 0.2) is 17.5 Å². The summed E-state index contributed by atoms with van der Waals surface area (Å²) >= 11 is 0. The van der Waals surface area contributed by atoms with Crippen LogP contribution in [0.4, 0.5) is 0 Å². The molecule has 0 saturated heterocycles. The van der Waals surface area contributed by atoms with Crippen molar-refractivity contribution in [3.63, 3.8) is 0 Å². The van der Waals surface area contributed by atoms with E-state index in [4.69, 9.17) is 20.6 Å². The summed E-state index contributed by atoms with van der Waals surface area (Å²) in [5, 5.41) is 3.35. The second-order valence-electron chi connectivity index (χ2n) is 6.32. The van der Waals surface area contributed by atoms with Gasteiger partial charge in [0, 0.05) is 33.8 Å². The number of likely N-dealkylation sites (N-methyl/N-ethyl adjacent to an activating group) is 1. The van der Waals surface area contributed by atoms with Crippen molar-refractivity contribution in [2.45, 2.75) is 19.4 Å². The van der Waals surface area contributed by atoms with Crippen molar-refractivity contribution < 1.29 is 14.2 Å². The molecule has 2 rings (SSSR count). The highest BCUT2D eigenvalue weighted by Gasteiger charge is 2.21. The Morgan fingerprint density at radius 3 is 2.85 bits per heavy atom. The molecular weight excluding hydrogens is 330 g/mol. The third-order valence-corrected chi connectivity index (χ3v) is 4.18. The number of rotatable bonds is 10. The van der Waals surface area contributed by atoms with Crippen LogP contribution in [0.5, 0.6) is 11.5 Å². The third kappa shape index (κ3) is 6.49. The van der Waals surface area contributed by atoms with Gasteiger partial charge in [0.1, 0.15) is 6.61 Å². The molecular formula is C20H29N3O3. The summed E-state index contributed by atoms with van der Waals surface area (Å²) in [4.78, 5) is 6.39. The van der Waals surface area contributed by atoms with E-state index >= 15 is 0 Å². The molecule has 1 saturated carbocycles. The molecule has 0 radical (unpaired) electrons. The molecule has 6 nitrogen and oxygen atoms in total. The maximum Gasteiger partial charge on any atom is 0.193 e. The van der Waals surface area contributed by atoms with Crippen LogP contribution in [0.3, 0.4) is 0 Å². The predicted octanol–water partition coefficient (Wildman–Crippen LogP) is 2.14. The molecule has 0 bridgehead atoms. The maximum absolute atomic E-state index is 5.69. The van der Waals surface area contributed by atoms with Gasteiger partial charge in [-0.3, -0.25) is 4.99 Å². The zero-order chi connectivity index (χ0) is 18.8. The Balaban J connectivity index is 1.83. The first-order valence-electron chi connectivity index (χ1n) is 8.90. The van der Waals surface area contributed by atoms with Crippen molar-refractivity contribution in [2.75, 3.05) is 47.6 Å². The summed E-state index contributed by atoms with van der Waals surface area (Å²) in [5.74, 6) is 5.38. The lowest BCUT2D eigenvalue weighted by atomic mass is 10.2. The van der Waals surface area contributed by atoms with Crippen LogP contribution >= 0.6 is 0 Å². The van der Waals surface area contributed by atoms with E-state index in [9.17, 15) is 0 Å². The van der Waals surface area contributed by atoms with Crippen molar-refractivity contribution in [1.82, 2.24) is 10.2 Å². The van der Waals surface area contributed by atoms with Crippen LogP contribution < -0.4 is 14.8 Å². The average molecular weight is 359 g/mol. The molecule has 1 aliphatic carbocycles. The summed E-state index contributed by atoms with van der Waals surface area (Å²) in [6.07, 6.45) is 7.89. The van der Waals surface area contributed by atoms with Gasteiger partial charge >= 0.3 is 0 Å². The van der Waals surface area contributed by atoms with E-state index in [1.54, 1.807) is 14.2 Å². The fourth-order valence-electron chi connectivity index (χ4n) is 2.47. The Hall–Kier alpha value is -2.39. The fraction of sp³-hybridized carbons (Fsp3) is 0.550. The van der Waals surface area contributed by atoms with Gasteiger partial charge in [0.25, 0.3) is 0 Å². The molecule has 1 N–H and O–H groups in total. The molecule has 1 aromatic rings. The number of methoxy groups -OCH3 is 1. The highest BCUT2D eigenvalue weighted by atomic mass is 16.5. The first-order chi connectivity index (χ1) is 12.7. The number of terminal acetylenes is 1. The van der Waals surface area contributed by atoms with E-state index in [-0.39, 0.29) is 6.61 Å². The van der Waals surface area contributed by atoms with Crippen LogP contribution in [-0.4, -0.2) is 58.4 Å². The van der Waals surface area contributed by atoms with Gasteiger partial charge in [-0.1, -0.05) is 12.0 Å². The summed E-state index contributed by atoms with van der Waals surface area (Å²) < 4.78 is 16.5. The minimum Gasteiger partial charge on any atom is -0.493 e. The number of nitrogens with zero attached hydrogens (tertiary/aromatic N) is 2. The second-order valence-corrected chi connectivity index (χ2v) is 6.32. The lowest BCUT2D eigenvalue weighted by Gasteiger charge is -2.22. The molecule has 26 heavy (non-hydrogen) atoms. The van der Waals surface area contributed by atoms with Gasteiger partial charge in [0.05, 0.1) is 13.7 Å². The van der Waals surface area contributed by atoms with Gasteiger partial charge in [-0.15, -0.1) is 6.42 Å². The molecule has 142 valence electrons. The lowest BCUT2D eigenvalue weighted by Crippen LogP contribution is -2.40. The van der Waals surface area contributed by atoms with Crippen molar-refractivity contribution in [1.29, 1.82) is 0 Å². The molecule has 1 aromatic carbocycles. The van der Waals surface area contributed by atoms with E-state index in [2.05, 4.69) is 21.1 Å². The van der Waals surface area contributed by atoms with E-state index in [0.717, 1.165) is 30.6 Å². The summed E-state index contributed by atoms with van der Waals surface area (Å²) in [6, 6.07) is 5.79. The number of benzene rings is 1. The minimum absolute atomic E-state index is 0.207. The van der Waals surface area contributed by atoms with Gasteiger partial charge in [-0.25, -0.2) is 0 Å². The van der Waals surface area contributed by atoms with E-state index in [1.807, 2.05) is 25.2 Å². The molecule has 0 aliphatic heterocycles. The van der Waals surface area contributed by atoms with Crippen LogP contribution in [0.2, 0.25) is 0 Å². The lowest BCUT2D eigenvalue weighted by molar-refractivity contribution is 0.115. The Morgan fingerprint density at radius 1 is 1.38 bits per heavy atom. The highest BCUT2D eigenvalue weighted by molar-refractivity contribution is 5.79. The molecule has 0 spiro atoms. The van der Waals surface area contributed by atoms with Gasteiger partial charge in [-0.05, 0) is 36.5 Å². The van der Waals surface area contributed by atoms with Crippen molar-refractivity contribution in [3.05, 3.63) is 23.8 Å². The van der Waals surface area contributed by atoms with Crippen LogP contribution in [-0.2, 0) is 11.3 Å². The molecule has 0 aromatic heterocycles. The van der Waals surface area contributed by atoms with Crippen LogP contribution in [0.25, 0.3) is 0 Å². The number of aliphatic imine (C=N–C) groups is 1. The number of guanidine groups is 1. The molecule has 0 unspecified atom stereocenters. The Labute approximate surface area is 156 Å². The first kappa shape index (κ1) is 19.9. The summed E-state index contributed by atoms with van der Waals surface area (Å²) in [5.41, 5.74) is 1.05. The minimum atomic E-state index is 0.207. The Kier molecular flexibility index (Phi) is 8.10. The van der Waals surface area contributed by atoms with Crippen molar-refractivity contribution in [3.8, 4) is 23.8 Å². The number of ether oxygens (including phenoxy) is 3. The summed E-state index contributed by atoms with van der Waals surface area (Å²) in [7, 11) is 5.39. The molecule has 1 aliphatic rings. The zero-order valence-electron chi connectivity index (χ0n) is 16.0. The monoisotopic (exact) mass is 359 g/mol. The summed E-state index contributed by atoms with van der Waals surface area (Å²) in [6.45, 7) is 3.22. The molecule has 0 amide bonds. The van der Waals surface area contributed by atoms with E-state index in [1.165, 1.54) is 12.8 Å². The Bertz CT molecular complexity index is 636. The topological polar surface area (TPSA) is 55.3 Å². The number of nitrogens with one attached hydrogen (secondary N) is 1. The number of hydrogen-bond acceptors (Lipinski definition) is 4. The SMILES string of the molecule is C#CCOc1cc(CNC(=NC)N(C)CCOCC2CC2)ccc1OC. The highest BCUT2D eigenvalue weighted by Crippen LogP contribution is 2.29. The van der Waals surface area contributed by atoms with Gasteiger partial charge in [0.2, 0.25) is 0 Å². The van der Waals surface area contributed by atoms with Gasteiger partial charge < -0.3 is 24.4 Å². The molecule has 6 heteroatoms. The second kappa shape index (κ2) is 10.6. The normalized spacial score (nSPS) is 13.8. The largest absolute Gasteiger partial charge is 0.493 e. The van der Waals surface area contributed by atoms with E-state index < -0.39 is 0 Å². The standard InChI is InChI=1S/C20H29N3O3/c1-5-11-26-19-13-17(8-9-18(19)24-4)14-22-20(21-2)23(3)10-12-25-15-16-6-7-16/h1,8-9,13,16H,6-7,10-12,14-15H2,2-4H3,(H,21,22). The van der Waals surface area contributed by atoms with Crippen molar-refractivity contribution in [2.24, 2.45) is 10.9 Å². The Morgan fingerprint density at radius 2 is 2.19 bits per heavy atom. The van der Waals surface area contributed by atoms with Crippen LogP contribution in [0.15, 0.2) is 23.2 Å². The molecule has 0 atom stereocenters. The van der Waals surface area contributed by atoms with E-state index in [0.29, 0.717) is 24.7 Å². The molecule has 1 fully saturated rings. The average Bonchev–Trinajstić information content (AvgIpc) is 3.48. The van der Waals surface area contributed by atoms with Crippen molar-refractivity contribution >= 4 is 5.96 Å². The van der Waals surface area contributed by atoms with Crippen LogP contribution in [0, 0.1) is 18.3 Å². The van der Waals surface area contributed by atoms with Crippen LogP contribution in [0.1, 0.15) is 18.4 Å². The smallest absolute Gasteiger partial charge is 0.193 e. The zero-order valence-corrected chi connectivity index (χ0v) is 16.0. The first-order valence-corrected chi connectivity index (χ1v) is 8.90. The predicted molar refractivity (Wildman–Crippen MR) is 104 cm³/mol. The fourth-order valence-corrected chi connectivity index (χ4v) is 2.47. The third-order valence-electron chi connectivity index (χ3n) is 4.18. The number of hydrogen-bond donors (Lipinski definition) is 1. The maximum atomic E-state index is 5.69. The van der Waals surface area contributed by atoms with Gasteiger partial charge in [-0.2, -0.15) is 0 Å².